The van der Waals surface area contributed by atoms with Gasteiger partial charge >= 0.3 is 6.03 Å². The van der Waals surface area contributed by atoms with Gasteiger partial charge in [-0.15, -0.1) is 0 Å². The van der Waals surface area contributed by atoms with Crippen LogP contribution in [0, 0.1) is 0 Å². The second-order valence-electron chi connectivity index (χ2n) is 5.89. The van der Waals surface area contributed by atoms with Crippen LogP contribution in [0.25, 0.3) is 0 Å². The highest BCUT2D eigenvalue weighted by atomic mass is 16.3. The molecule has 4 amide bonds. The molecule has 0 aromatic heterocycles. The second-order valence-corrected chi connectivity index (χ2v) is 5.89. The van der Waals surface area contributed by atoms with Crippen molar-refractivity contribution < 1.29 is 19.5 Å². The van der Waals surface area contributed by atoms with Crippen LogP contribution in [0.2, 0.25) is 0 Å². The van der Waals surface area contributed by atoms with Crippen LogP contribution < -0.4 is 15.5 Å². The molecule has 0 spiro atoms. The SMILES string of the molecule is O=C1NC(=O)C(c2cccc(N3CCN(CCO)CC3)c2)C(=O)N1. The van der Waals surface area contributed by atoms with E-state index in [1.165, 1.54) is 0 Å². The van der Waals surface area contributed by atoms with Crippen molar-refractivity contribution in [3.8, 4) is 0 Å². The molecular formula is C16H20N4O4. The number of barbiturate groups is 1. The van der Waals surface area contributed by atoms with E-state index in [-0.39, 0.29) is 6.61 Å². The zero-order chi connectivity index (χ0) is 17.1. The van der Waals surface area contributed by atoms with Gasteiger partial charge in [0, 0.05) is 38.4 Å². The van der Waals surface area contributed by atoms with Crippen LogP contribution in [0.3, 0.4) is 0 Å². The molecule has 2 aliphatic rings. The molecule has 24 heavy (non-hydrogen) atoms. The van der Waals surface area contributed by atoms with Crippen molar-refractivity contribution in [3.05, 3.63) is 29.8 Å². The van der Waals surface area contributed by atoms with E-state index in [0.717, 1.165) is 31.9 Å². The number of imide groups is 2. The van der Waals surface area contributed by atoms with E-state index in [1.807, 2.05) is 18.2 Å². The molecule has 0 radical (unpaired) electrons. The predicted octanol–water partition coefficient (Wildman–Crippen LogP) is -0.749. The molecule has 2 saturated heterocycles. The van der Waals surface area contributed by atoms with Crippen molar-refractivity contribution in [2.45, 2.75) is 5.92 Å². The number of benzene rings is 1. The van der Waals surface area contributed by atoms with Crippen molar-refractivity contribution in [2.75, 3.05) is 44.2 Å². The summed E-state index contributed by atoms with van der Waals surface area (Å²) in [6.07, 6.45) is 0. The monoisotopic (exact) mass is 332 g/mol. The molecule has 1 aromatic rings. The summed E-state index contributed by atoms with van der Waals surface area (Å²) in [6.45, 7) is 4.15. The lowest BCUT2D eigenvalue weighted by Crippen LogP contribution is -2.54. The van der Waals surface area contributed by atoms with Gasteiger partial charge in [0.05, 0.1) is 6.61 Å². The smallest absolute Gasteiger partial charge is 0.328 e. The zero-order valence-electron chi connectivity index (χ0n) is 13.2. The summed E-state index contributed by atoms with van der Waals surface area (Å²) in [6, 6.07) is 6.50. The minimum atomic E-state index is -1.02. The fourth-order valence-corrected chi connectivity index (χ4v) is 3.09. The average molecular weight is 332 g/mol. The predicted molar refractivity (Wildman–Crippen MR) is 86.6 cm³/mol. The third-order valence-corrected chi connectivity index (χ3v) is 4.36. The summed E-state index contributed by atoms with van der Waals surface area (Å²) >= 11 is 0. The van der Waals surface area contributed by atoms with E-state index in [1.54, 1.807) is 6.07 Å². The van der Waals surface area contributed by atoms with Gasteiger partial charge in [0.15, 0.2) is 0 Å². The lowest BCUT2D eigenvalue weighted by atomic mass is 9.95. The Balaban J connectivity index is 1.74. The van der Waals surface area contributed by atoms with Gasteiger partial charge in [0.1, 0.15) is 5.92 Å². The summed E-state index contributed by atoms with van der Waals surface area (Å²) in [5.74, 6) is -2.22. The first kappa shape index (κ1) is 16.4. The van der Waals surface area contributed by atoms with Crippen molar-refractivity contribution in [2.24, 2.45) is 0 Å². The van der Waals surface area contributed by atoms with Crippen LogP contribution in [-0.2, 0) is 9.59 Å². The number of rotatable bonds is 4. The second kappa shape index (κ2) is 6.98. The molecule has 2 fully saturated rings. The number of hydrogen-bond acceptors (Lipinski definition) is 6. The van der Waals surface area contributed by atoms with E-state index in [4.69, 9.17) is 5.11 Å². The first-order chi connectivity index (χ1) is 11.6. The van der Waals surface area contributed by atoms with Crippen LogP contribution in [0.1, 0.15) is 11.5 Å². The van der Waals surface area contributed by atoms with E-state index in [0.29, 0.717) is 12.1 Å². The number of hydrogen-bond donors (Lipinski definition) is 3. The number of nitrogens with zero attached hydrogens (tertiary/aromatic N) is 2. The van der Waals surface area contributed by atoms with Crippen molar-refractivity contribution >= 4 is 23.5 Å². The number of carbonyl (C=O) groups is 3. The lowest BCUT2D eigenvalue weighted by molar-refractivity contribution is -0.132. The highest BCUT2D eigenvalue weighted by molar-refractivity contribution is 6.19. The largest absolute Gasteiger partial charge is 0.395 e. The Morgan fingerprint density at radius 1 is 1.04 bits per heavy atom. The Hall–Kier alpha value is -2.45. The third-order valence-electron chi connectivity index (χ3n) is 4.36. The average Bonchev–Trinajstić information content (AvgIpc) is 2.55. The molecule has 1 aromatic carbocycles. The molecule has 0 unspecified atom stereocenters. The molecule has 8 nitrogen and oxygen atoms in total. The fourth-order valence-electron chi connectivity index (χ4n) is 3.09. The van der Waals surface area contributed by atoms with Crippen LogP contribution in [0.5, 0.6) is 0 Å². The Morgan fingerprint density at radius 3 is 2.33 bits per heavy atom. The Labute approximate surface area is 139 Å². The Bertz CT molecular complexity index is 635. The summed E-state index contributed by atoms with van der Waals surface area (Å²) in [5, 5.41) is 13.2. The number of carbonyl (C=O) groups excluding carboxylic acids is 3. The van der Waals surface area contributed by atoms with E-state index < -0.39 is 23.8 Å². The van der Waals surface area contributed by atoms with Crippen molar-refractivity contribution in [1.29, 1.82) is 0 Å². The zero-order valence-corrected chi connectivity index (χ0v) is 13.2. The number of amides is 4. The van der Waals surface area contributed by atoms with Crippen molar-refractivity contribution in [3.63, 3.8) is 0 Å². The number of nitrogens with one attached hydrogen (secondary N) is 2. The van der Waals surface area contributed by atoms with E-state index >= 15 is 0 Å². The minimum absolute atomic E-state index is 0.153. The van der Waals surface area contributed by atoms with Gasteiger partial charge in [0.2, 0.25) is 11.8 Å². The van der Waals surface area contributed by atoms with Gasteiger partial charge < -0.3 is 10.0 Å². The van der Waals surface area contributed by atoms with Gasteiger partial charge in [-0.05, 0) is 17.7 Å². The lowest BCUT2D eigenvalue weighted by Gasteiger charge is -2.36. The number of anilines is 1. The Morgan fingerprint density at radius 2 is 1.71 bits per heavy atom. The molecule has 2 heterocycles. The summed E-state index contributed by atoms with van der Waals surface area (Å²) in [7, 11) is 0. The summed E-state index contributed by atoms with van der Waals surface area (Å²) in [5.41, 5.74) is 1.50. The molecule has 0 aliphatic carbocycles. The minimum Gasteiger partial charge on any atom is -0.395 e. The fraction of sp³-hybridized carbons (Fsp3) is 0.438. The molecule has 0 atom stereocenters. The maximum absolute atomic E-state index is 12.0. The topological polar surface area (TPSA) is 102 Å². The number of aliphatic hydroxyl groups excluding tert-OH is 1. The maximum Gasteiger partial charge on any atom is 0.328 e. The molecule has 128 valence electrons. The molecule has 2 aliphatic heterocycles. The van der Waals surface area contributed by atoms with Crippen molar-refractivity contribution in [1.82, 2.24) is 15.5 Å². The summed E-state index contributed by atoms with van der Waals surface area (Å²) < 4.78 is 0. The third kappa shape index (κ3) is 3.39. The maximum atomic E-state index is 12.0. The molecule has 0 saturated carbocycles. The number of urea groups is 1. The van der Waals surface area contributed by atoms with Crippen LogP contribution >= 0.6 is 0 Å². The van der Waals surface area contributed by atoms with Gasteiger partial charge in [-0.2, -0.15) is 0 Å². The number of β-amino-alcohol motifs (C(OH)–C–C–N with tert-alkyl or cyclic N) is 1. The molecule has 3 N–H and O–H groups in total. The van der Waals surface area contributed by atoms with Crippen LogP contribution in [0.15, 0.2) is 24.3 Å². The highest BCUT2D eigenvalue weighted by Crippen LogP contribution is 2.24. The van der Waals surface area contributed by atoms with Gasteiger partial charge in [-0.3, -0.25) is 25.1 Å². The van der Waals surface area contributed by atoms with Gasteiger partial charge in [0.25, 0.3) is 0 Å². The standard InChI is InChI=1S/C16H20N4O4/c21-9-8-19-4-6-20(7-5-19)12-3-1-2-11(10-12)13-14(22)17-16(24)18-15(13)23/h1-3,10,13,21H,4-9H2,(H2,17,18,22,23,24). The first-order valence-electron chi connectivity index (χ1n) is 7.92. The molecule has 3 rings (SSSR count). The van der Waals surface area contributed by atoms with Crippen LogP contribution in [-0.4, -0.2) is 67.2 Å². The molecular weight excluding hydrogens is 312 g/mol. The van der Waals surface area contributed by atoms with E-state index in [2.05, 4.69) is 20.4 Å². The first-order valence-corrected chi connectivity index (χ1v) is 7.92. The number of piperazine rings is 1. The van der Waals surface area contributed by atoms with Crippen LogP contribution in [0.4, 0.5) is 10.5 Å². The van der Waals surface area contributed by atoms with E-state index in [9.17, 15) is 14.4 Å². The molecule has 8 heteroatoms. The molecule has 0 bridgehead atoms. The van der Waals surface area contributed by atoms with Gasteiger partial charge in [-0.1, -0.05) is 12.1 Å². The summed E-state index contributed by atoms with van der Waals surface area (Å²) in [4.78, 5) is 39.5. The quantitative estimate of drug-likeness (QED) is 0.627. The number of aliphatic hydroxyl groups is 1. The highest BCUT2D eigenvalue weighted by Gasteiger charge is 2.35. The Kier molecular flexibility index (Phi) is 4.77. The normalized spacial score (nSPS) is 20.0. The van der Waals surface area contributed by atoms with Gasteiger partial charge in [-0.25, -0.2) is 4.79 Å².